The largest absolute Gasteiger partial charge is 0.392 e. The molecule has 2 nitrogen and oxygen atoms in total. The van der Waals surface area contributed by atoms with Crippen LogP contribution in [-0.4, -0.2) is 35.7 Å². The van der Waals surface area contributed by atoms with E-state index in [9.17, 15) is 5.11 Å². The molecule has 1 fully saturated rings. The molecule has 0 aliphatic carbocycles. The molecule has 1 aromatic carbocycles. The van der Waals surface area contributed by atoms with Crippen molar-refractivity contribution in [2.45, 2.75) is 51.7 Å². The van der Waals surface area contributed by atoms with Gasteiger partial charge in [0.25, 0.3) is 0 Å². The van der Waals surface area contributed by atoms with Crippen LogP contribution in [0.1, 0.15) is 38.7 Å². The molecule has 0 radical (unpaired) electrons. The number of likely N-dealkylation sites (tertiary alicyclic amines) is 1. The molecule has 1 aliphatic heterocycles. The van der Waals surface area contributed by atoms with Crippen molar-refractivity contribution in [3.8, 4) is 0 Å². The highest BCUT2D eigenvalue weighted by atomic mass is 16.3. The molecular weight excluding hydrogens is 234 g/mol. The molecule has 106 valence electrons. The van der Waals surface area contributed by atoms with E-state index < -0.39 is 0 Å². The smallest absolute Gasteiger partial charge is 0.0623 e. The number of hydrogen-bond acceptors (Lipinski definition) is 2. The Kier molecular flexibility index (Phi) is 4.64. The molecule has 19 heavy (non-hydrogen) atoms. The van der Waals surface area contributed by atoms with E-state index in [0.717, 1.165) is 32.2 Å². The Hall–Kier alpha value is -0.860. The van der Waals surface area contributed by atoms with E-state index in [0.29, 0.717) is 6.04 Å². The maximum absolute atomic E-state index is 10.6. The van der Waals surface area contributed by atoms with E-state index >= 15 is 0 Å². The summed E-state index contributed by atoms with van der Waals surface area (Å²) in [5.41, 5.74) is 1.42. The van der Waals surface area contributed by atoms with E-state index in [4.69, 9.17) is 0 Å². The summed E-state index contributed by atoms with van der Waals surface area (Å²) in [5.74, 6) is 0. The number of likely N-dealkylation sites (N-methyl/N-ethyl adjacent to an activating group) is 1. The third kappa shape index (κ3) is 2.70. The summed E-state index contributed by atoms with van der Waals surface area (Å²) in [5, 5.41) is 10.6. The Morgan fingerprint density at radius 3 is 2.42 bits per heavy atom. The van der Waals surface area contributed by atoms with Gasteiger partial charge in [0.1, 0.15) is 0 Å². The van der Waals surface area contributed by atoms with Crippen LogP contribution in [0.2, 0.25) is 0 Å². The van der Waals surface area contributed by atoms with Crippen LogP contribution in [-0.2, 0) is 6.42 Å². The van der Waals surface area contributed by atoms with Gasteiger partial charge in [-0.05, 0) is 38.3 Å². The van der Waals surface area contributed by atoms with Crippen molar-refractivity contribution < 1.29 is 5.11 Å². The lowest BCUT2D eigenvalue weighted by atomic mass is 9.66. The minimum absolute atomic E-state index is 0.0445. The quantitative estimate of drug-likeness (QED) is 0.900. The molecule has 2 rings (SSSR count). The van der Waals surface area contributed by atoms with E-state index in [1.165, 1.54) is 5.56 Å². The van der Waals surface area contributed by atoms with Crippen LogP contribution in [0.25, 0.3) is 0 Å². The Balaban J connectivity index is 2.27. The van der Waals surface area contributed by atoms with E-state index in [-0.39, 0.29) is 11.5 Å². The van der Waals surface area contributed by atoms with Gasteiger partial charge in [0.15, 0.2) is 0 Å². The van der Waals surface area contributed by atoms with Gasteiger partial charge in [-0.15, -0.1) is 0 Å². The van der Waals surface area contributed by atoms with Crippen LogP contribution in [0.3, 0.4) is 0 Å². The van der Waals surface area contributed by atoms with Gasteiger partial charge in [-0.25, -0.2) is 0 Å². The van der Waals surface area contributed by atoms with Gasteiger partial charge < -0.3 is 10.0 Å². The Morgan fingerprint density at radius 2 is 1.84 bits per heavy atom. The fraction of sp³-hybridized carbons (Fsp3) is 0.647. The average Bonchev–Trinajstić information content (AvgIpc) is 2.45. The summed E-state index contributed by atoms with van der Waals surface area (Å²) < 4.78 is 0. The highest BCUT2D eigenvalue weighted by Gasteiger charge is 2.46. The summed E-state index contributed by atoms with van der Waals surface area (Å²) in [7, 11) is 2.21. The van der Waals surface area contributed by atoms with Crippen molar-refractivity contribution in [1.82, 2.24) is 4.90 Å². The fourth-order valence-corrected chi connectivity index (χ4v) is 3.82. The Labute approximate surface area is 117 Å². The number of aliphatic hydroxyl groups is 1. The summed E-state index contributed by atoms with van der Waals surface area (Å²) in [6, 6.07) is 11.1. The number of aliphatic hydroxyl groups excluding tert-OH is 1. The predicted molar refractivity (Wildman–Crippen MR) is 80.2 cm³/mol. The van der Waals surface area contributed by atoms with Gasteiger partial charge in [0, 0.05) is 18.0 Å². The van der Waals surface area contributed by atoms with Crippen molar-refractivity contribution in [2.75, 3.05) is 13.6 Å². The average molecular weight is 261 g/mol. The normalized spacial score (nSPS) is 27.4. The molecule has 0 spiro atoms. The molecule has 1 aromatic rings. The van der Waals surface area contributed by atoms with Crippen molar-refractivity contribution in [1.29, 1.82) is 0 Å². The van der Waals surface area contributed by atoms with Gasteiger partial charge >= 0.3 is 0 Å². The zero-order valence-electron chi connectivity index (χ0n) is 12.5. The highest BCUT2D eigenvalue weighted by molar-refractivity contribution is 5.18. The molecule has 2 heteroatoms. The first-order chi connectivity index (χ1) is 9.14. The Bertz CT molecular complexity index is 386. The van der Waals surface area contributed by atoms with Crippen molar-refractivity contribution in [2.24, 2.45) is 5.41 Å². The molecule has 2 unspecified atom stereocenters. The Morgan fingerprint density at radius 1 is 1.21 bits per heavy atom. The first-order valence-electron chi connectivity index (χ1n) is 7.56. The lowest BCUT2D eigenvalue weighted by Crippen LogP contribution is -2.58. The second-order valence-electron chi connectivity index (χ2n) is 5.93. The predicted octanol–water partition coefficient (Wildman–Crippen LogP) is 3.10. The summed E-state index contributed by atoms with van der Waals surface area (Å²) in [6.07, 6.45) is 3.88. The molecule has 0 aromatic heterocycles. The summed E-state index contributed by atoms with van der Waals surface area (Å²) in [4.78, 5) is 2.45. The second-order valence-corrected chi connectivity index (χ2v) is 5.93. The van der Waals surface area contributed by atoms with Gasteiger partial charge in [-0.2, -0.15) is 0 Å². The van der Waals surface area contributed by atoms with Crippen LogP contribution in [0.15, 0.2) is 30.3 Å². The molecule has 0 saturated carbocycles. The molecular formula is C17H27NO. The maximum atomic E-state index is 10.6. The zero-order valence-corrected chi connectivity index (χ0v) is 12.5. The summed E-state index contributed by atoms with van der Waals surface area (Å²) >= 11 is 0. The monoisotopic (exact) mass is 261 g/mol. The number of piperidine rings is 1. The number of hydrogen-bond donors (Lipinski definition) is 1. The van der Waals surface area contributed by atoms with Gasteiger partial charge in [-0.1, -0.05) is 44.2 Å². The first-order valence-corrected chi connectivity index (χ1v) is 7.56. The van der Waals surface area contributed by atoms with Crippen LogP contribution in [0, 0.1) is 5.41 Å². The van der Waals surface area contributed by atoms with Crippen LogP contribution in [0.5, 0.6) is 0 Å². The minimum Gasteiger partial charge on any atom is -0.392 e. The standard InChI is InChI=1S/C17H27NO/c1-4-17(5-2)15(18(3)12-11-16(17)19)13-14-9-7-6-8-10-14/h6-10,15-16,19H,4-5,11-13H2,1-3H3. The number of nitrogens with zero attached hydrogens (tertiary/aromatic N) is 1. The van der Waals surface area contributed by atoms with Crippen LogP contribution in [0.4, 0.5) is 0 Å². The molecule has 1 aliphatic rings. The third-order valence-electron chi connectivity index (χ3n) is 5.20. The zero-order chi connectivity index (χ0) is 13.9. The maximum Gasteiger partial charge on any atom is 0.0623 e. The van der Waals surface area contributed by atoms with Crippen molar-refractivity contribution >= 4 is 0 Å². The minimum atomic E-state index is -0.160. The lowest BCUT2D eigenvalue weighted by molar-refractivity contribution is -0.0861. The third-order valence-corrected chi connectivity index (χ3v) is 5.20. The van der Waals surface area contributed by atoms with E-state index in [1.807, 2.05) is 0 Å². The van der Waals surface area contributed by atoms with Gasteiger partial charge in [0.05, 0.1) is 6.10 Å². The molecule has 2 atom stereocenters. The van der Waals surface area contributed by atoms with E-state index in [1.54, 1.807) is 0 Å². The van der Waals surface area contributed by atoms with Crippen molar-refractivity contribution in [3.63, 3.8) is 0 Å². The molecule has 1 saturated heterocycles. The van der Waals surface area contributed by atoms with E-state index in [2.05, 4.69) is 56.1 Å². The van der Waals surface area contributed by atoms with Crippen LogP contribution < -0.4 is 0 Å². The lowest BCUT2D eigenvalue weighted by Gasteiger charge is -2.51. The number of rotatable bonds is 4. The summed E-state index contributed by atoms with van der Waals surface area (Å²) in [6.45, 7) is 5.45. The topological polar surface area (TPSA) is 23.5 Å². The van der Waals surface area contributed by atoms with Gasteiger partial charge in [0.2, 0.25) is 0 Å². The second kappa shape index (κ2) is 6.06. The highest BCUT2D eigenvalue weighted by Crippen LogP contribution is 2.42. The molecule has 0 bridgehead atoms. The first kappa shape index (κ1) is 14.5. The van der Waals surface area contributed by atoms with Gasteiger partial charge in [-0.3, -0.25) is 0 Å². The molecule has 0 amide bonds. The molecule has 1 N–H and O–H groups in total. The van der Waals surface area contributed by atoms with Crippen LogP contribution >= 0.6 is 0 Å². The SMILES string of the molecule is CCC1(CC)C(O)CCN(C)C1Cc1ccccc1. The molecule has 1 heterocycles. The fourth-order valence-electron chi connectivity index (χ4n) is 3.82. The number of benzene rings is 1. The van der Waals surface area contributed by atoms with Crippen molar-refractivity contribution in [3.05, 3.63) is 35.9 Å².